The van der Waals surface area contributed by atoms with Gasteiger partial charge in [-0.05, 0) is 31.7 Å². The lowest BCUT2D eigenvalue weighted by atomic mass is 10.1. The van der Waals surface area contributed by atoms with Gasteiger partial charge in [-0.15, -0.1) is 0 Å². The highest BCUT2D eigenvalue weighted by molar-refractivity contribution is 5.81. The van der Waals surface area contributed by atoms with Crippen molar-refractivity contribution in [3.05, 3.63) is 35.4 Å². The molecule has 0 aromatic heterocycles. The van der Waals surface area contributed by atoms with Gasteiger partial charge in [0.15, 0.2) is 0 Å². The van der Waals surface area contributed by atoms with Gasteiger partial charge in [-0.1, -0.05) is 29.8 Å². The first kappa shape index (κ1) is 17.9. The van der Waals surface area contributed by atoms with Crippen LogP contribution in [0.4, 0.5) is 0 Å². The number of hydrogen-bond donors (Lipinski definition) is 1. The molecule has 0 radical (unpaired) electrons. The molecule has 1 saturated heterocycles. The molecule has 0 saturated carbocycles. The monoisotopic (exact) mass is 320 g/mol. The summed E-state index contributed by atoms with van der Waals surface area (Å²) in [6.45, 7) is 4.36. The van der Waals surface area contributed by atoms with Crippen LogP contribution < -0.4 is 5.73 Å². The smallest absolute Gasteiger partial charge is 0.241 e. The van der Waals surface area contributed by atoms with Crippen molar-refractivity contribution in [3.63, 3.8) is 0 Å². The summed E-state index contributed by atoms with van der Waals surface area (Å²) in [7, 11) is 1.56. The van der Waals surface area contributed by atoms with Crippen LogP contribution >= 0.6 is 0 Å². The summed E-state index contributed by atoms with van der Waals surface area (Å²) in [6, 6.07) is 7.80. The maximum Gasteiger partial charge on any atom is 0.241 e. The Balaban J connectivity index is 1.96. The van der Waals surface area contributed by atoms with Crippen LogP contribution in [0.5, 0.6) is 0 Å². The van der Waals surface area contributed by atoms with E-state index in [1.54, 1.807) is 7.11 Å². The summed E-state index contributed by atoms with van der Waals surface area (Å²) in [5.74, 6) is -0.0607. The summed E-state index contributed by atoms with van der Waals surface area (Å²) in [6.07, 6.45) is 3.02. The molecule has 0 aliphatic carbocycles. The molecule has 1 aliphatic heterocycles. The van der Waals surface area contributed by atoms with E-state index >= 15 is 0 Å². The van der Waals surface area contributed by atoms with Crippen molar-refractivity contribution in [1.82, 2.24) is 4.90 Å². The SMILES string of the molecule is COCC(N)C(=O)N(CCc1ccc(C)cc1)CC1CCCO1. The molecule has 2 atom stereocenters. The number of rotatable bonds is 8. The number of amides is 1. The van der Waals surface area contributed by atoms with E-state index in [0.29, 0.717) is 13.1 Å². The molecule has 1 aromatic rings. The van der Waals surface area contributed by atoms with Crippen molar-refractivity contribution in [1.29, 1.82) is 0 Å². The normalized spacial score (nSPS) is 18.8. The fraction of sp³-hybridized carbons (Fsp3) is 0.611. The summed E-state index contributed by atoms with van der Waals surface area (Å²) in [4.78, 5) is 14.4. The van der Waals surface area contributed by atoms with Gasteiger partial charge in [-0.2, -0.15) is 0 Å². The third-order valence-electron chi connectivity index (χ3n) is 4.21. The number of carbonyl (C=O) groups is 1. The van der Waals surface area contributed by atoms with E-state index < -0.39 is 6.04 Å². The van der Waals surface area contributed by atoms with Gasteiger partial charge in [0.2, 0.25) is 5.91 Å². The van der Waals surface area contributed by atoms with Crippen molar-refractivity contribution < 1.29 is 14.3 Å². The number of benzene rings is 1. The number of nitrogens with zero attached hydrogens (tertiary/aromatic N) is 1. The van der Waals surface area contributed by atoms with Gasteiger partial charge in [-0.3, -0.25) is 4.79 Å². The van der Waals surface area contributed by atoms with Gasteiger partial charge in [0, 0.05) is 26.8 Å². The standard InChI is InChI=1S/C18H28N2O3/c1-14-5-7-15(8-6-14)9-10-20(12-16-4-3-11-23-16)18(21)17(19)13-22-2/h5-8,16-17H,3-4,9-13,19H2,1-2H3. The van der Waals surface area contributed by atoms with Gasteiger partial charge >= 0.3 is 0 Å². The third-order valence-corrected chi connectivity index (χ3v) is 4.21. The van der Waals surface area contributed by atoms with E-state index in [-0.39, 0.29) is 18.6 Å². The van der Waals surface area contributed by atoms with E-state index in [2.05, 4.69) is 31.2 Å². The van der Waals surface area contributed by atoms with Crippen LogP contribution in [-0.2, 0) is 20.7 Å². The Morgan fingerprint density at radius 1 is 1.43 bits per heavy atom. The Morgan fingerprint density at radius 3 is 2.78 bits per heavy atom. The average Bonchev–Trinajstić information content (AvgIpc) is 3.05. The molecule has 1 fully saturated rings. The molecule has 2 unspecified atom stereocenters. The summed E-state index contributed by atoms with van der Waals surface area (Å²) < 4.78 is 10.7. The highest BCUT2D eigenvalue weighted by Crippen LogP contribution is 2.14. The largest absolute Gasteiger partial charge is 0.383 e. The zero-order chi connectivity index (χ0) is 16.7. The molecule has 1 amide bonds. The van der Waals surface area contributed by atoms with Crippen LogP contribution in [0.2, 0.25) is 0 Å². The van der Waals surface area contributed by atoms with Crippen molar-refractivity contribution in [2.45, 2.75) is 38.3 Å². The molecule has 0 spiro atoms. The first-order valence-electron chi connectivity index (χ1n) is 8.30. The lowest BCUT2D eigenvalue weighted by molar-refractivity contribution is -0.135. The molecular weight excluding hydrogens is 292 g/mol. The van der Waals surface area contributed by atoms with Crippen LogP contribution in [0.25, 0.3) is 0 Å². The average molecular weight is 320 g/mol. The summed E-state index contributed by atoms with van der Waals surface area (Å²) in [5.41, 5.74) is 8.40. The molecule has 5 nitrogen and oxygen atoms in total. The van der Waals surface area contributed by atoms with Gasteiger partial charge < -0.3 is 20.1 Å². The maximum absolute atomic E-state index is 12.6. The molecule has 1 aliphatic rings. The van der Waals surface area contributed by atoms with E-state index in [4.69, 9.17) is 15.2 Å². The van der Waals surface area contributed by atoms with Crippen molar-refractivity contribution >= 4 is 5.91 Å². The minimum absolute atomic E-state index is 0.0607. The first-order valence-corrected chi connectivity index (χ1v) is 8.30. The van der Waals surface area contributed by atoms with Gasteiger partial charge in [-0.25, -0.2) is 0 Å². The number of nitrogens with two attached hydrogens (primary N) is 1. The molecule has 2 rings (SSSR count). The van der Waals surface area contributed by atoms with Crippen molar-refractivity contribution in [2.24, 2.45) is 5.73 Å². The molecule has 5 heteroatoms. The molecular formula is C18H28N2O3. The fourth-order valence-electron chi connectivity index (χ4n) is 2.83. The molecule has 1 heterocycles. The van der Waals surface area contributed by atoms with Crippen molar-refractivity contribution in [3.8, 4) is 0 Å². The lowest BCUT2D eigenvalue weighted by Gasteiger charge is -2.28. The van der Waals surface area contributed by atoms with Gasteiger partial charge in [0.1, 0.15) is 6.04 Å². The fourth-order valence-corrected chi connectivity index (χ4v) is 2.83. The van der Waals surface area contributed by atoms with Crippen LogP contribution in [0.1, 0.15) is 24.0 Å². The van der Waals surface area contributed by atoms with Crippen molar-refractivity contribution in [2.75, 3.05) is 33.4 Å². The minimum atomic E-state index is -0.612. The topological polar surface area (TPSA) is 64.8 Å². The Morgan fingerprint density at radius 2 is 2.17 bits per heavy atom. The lowest BCUT2D eigenvalue weighted by Crippen LogP contribution is -2.49. The predicted molar refractivity (Wildman–Crippen MR) is 90.3 cm³/mol. The second-order valence-electron chi connectivity index (χ2n) is 6.22. The summed E-state index contributed by atoms with van der Waals surface area (Å²) >= 11 is 0. The van der Waals surface area contributed by atoms with Crippen LogP contribution in [0.3, 0.4) is 0 Å². The summed E-state index contributed by atoms with van der Waals surface area (Å²) in [5, 5.41) is 0. The first-order chi connectivity index (χ1) is 11.1. The van der Waals surface area contributed by atoms with Crippen LogP contribution in [0.15, 0.2) is 24.3 Å². The molecule has 1 aromatic carbocycles. The highest BCUT2D eigenvalue weighted by atomic mass is 16.5. The molecule has 2 N–H and O–H groups in total. The van der Waals surface area contributed by atoms with E-state index in [1.807, 2.05) is 4.90 Å². The van der Waals surface area contributed by atoms with E-state index in [1.165, 1.54) is 11.1 Å². The quantitative estimate of drug-likeness (QED) is 0.789. The Kier molecular flexibility index (Phi) is 7.02. The van der Waals surface area contributed by atoms with Crippen LogP contribution in [0, 0.1) is 6.92 Å². The third kappa shape index (κ3) is 5.61. The van der Waals surface area contributed by atoms with Crippen LogP contribution in [-0.4, -0.2) is 56.4 Å². The number of ether oxygens (including phenoxy) is 2. The van der Waals surface area contributed by atoms with Gasteiger partial charge in [0.25, 0.3) is 0 Å². The number of aryl methyl sites for hydroxylation is 1. The Hall–Kier alpha value is -1.43. The number of carbonyl (C=O) groups excluding carboxylic acids is 1. The van der Waals surface area contributed by atoms with E-state index in [0.717, 1.165) is 25.9 Å². The molecule has 0 bridgehead atoms. The second-order valence-corrected chi connectivity index (χ2v) is 6.22. The zero-order valence-electron chi connectivity index (χ0n) is 14.2. The van der Waals surface area contributed by atoms with E-state index in [9.17, 15) is 4.79 Å². The molecule has 128 valence electrons. The molecule has 23 heavy (non-hydrogen) atoms. The Bertz CT molecular complexity index is 484. The second kappa shape index (κ2) is 9.01. The van der Waals surface area contributed by atoms with Gasteiger partial charge in [0.05, 0.1) is 12.7 Å². The highest BCUT2D eigenvalue weighted by Gasteiger charge is 2.25. The zero-order valence-corrected chi connectivity index (χ0v) is 14.2. The minimum Gasteiger partial charge on any atom is -0.383 e. The number of methoxy groups -OCH3 is 1. The number of hydrogen-bond acceptors (Lipinski definition) is 4. The predicted octanol–water partition coefficient (Wildman–Crippen LogP) is 1.52. The maximum atomic E-state index is 12.6. The Labute approximate surface area is 138 Å².